The Hall–Kier alpha value is -1.79. The highest BCUT2D eigenvalue weighted by Gasteiger charge is 2.41. The lowest BCUT2D eigenvalue weighted by Crippen LogP contribution is -2.66. The van der Waals surface area contributed by atoms with Gasteiger partial charge in [0.25, 0.3) is 0 Å². The van der Waals surface area contributed by atoms with Gasteiger partial charge in [-0.3, -0.25) is 14.6 Å². The molecule has 0 aliphatic carbocycles. The molecule has 2 amide bonds. The zero-order valence-electron chi connectivity index (χ0n) is 17.1. The van der Waals surface area contributed by atoms with E-state index < -0.39 is 5.41 Å². The summed E-state index contributed by atoms with van der Waals surface area (Å²) in [6.07, 6.45) is 0. The first kappa shape index (κ1) is 21.3. The summed E-state index contributed by atoms with van der Waals surface area (Å²) in [5.41, 5.74) is -0.884. The van der Waals surface area contributed by atoms with Crippen LogP contribution in [0.25, 0.3) is 0 Å². The monoisotopic (exact) mass is 353 g/mol. The van der Waals surface area contributed by atoms with Crippen LogP contribution in [0.5, 0.6) is 0 Å². The molecular formula is C18H35N5O2. The van der Waals surface area contributed by atoms with E-state index in [9.17, 15) is 9.59 Å². The second-order valence-corrected chi connectivity index (χ2v) is 8.16. The molecule has 7 heteroatoms. The second-order valence-electron chi connectivity index (χ2n) is 8.16. The first-order valence-corrected chi connectivity index (χ1v) is 9.04. The highest BCUT2D eigenvalue weighted by molar-refractivity contribution is 5.89. The number of hydrogen-bond acceptors (Lipinski definition) is 3. The molecule has 0 bridgehead atoms. The number of amides is 2. The van der Waals surface area contributed by atoms with E-state index in [1.807, 2.05) is 44.4 Å². The van der Waals surface area contributed by atoms with E-state index in [0.717, 1.165) is 0 Å². The van der Waals surface area contributed by atoms with Crippen LogP contribution < -0.4 is 10.6 Å². The van der Waals surface area contributed by atoms with Crippen LogP contribution in [0.3, 0.4) is 0 Å². The molecule has 7 nitrogen and oxygen atoms in total. The standard InChI is InChI=1S/C18H35N5O2/c1-9-20-16(21-11-17(4,5)15(25)19-8)22-10-14(24)23(13(2)3)18(6,7)12-22/h13H,9-12H2,1-8H3,(H,19,25)(H,20,21). The lowest BCUT2D eigenvalue weighted by Gasteiger charge is -2.49. The molecule has 0 aromatic carbocycles. The van der Waals surface area contributed by atoms with Crippen LogP contribution in [0.2, 0.25) is 0 Å². The SMILES string of the molecule is CCNC(=NCC(C)(C)C(=O)NC)N1CC(=O)N(C(C)C)C(C)(C)C1. The molecule has 144 valence electrons. The Morgan fingerprint density at radius 1 is 1.36 bits per heavy atom. The van der Waals surface area contributed by atoms with Crippen LogP contribution in [0.4, 0.5) is 0 Å². The Labute approximate surface area is 152 Å². The Morgan fingerprint density at radius 2 is 1.96 bits per heavy atom. The van der Waals surface area contributed by atoms with E-state index in [-0.39, 0.29) is 23.4 Å². The maximum atomic E-state index is 12.7. The van der Waals surface area contributed by atoms with E-state index in [1.54, 1.807) is 7.05 Å². The number of carbonyl (C=O) groups excluding carboxylic acids is 2. The largest absolute Gasteiger partial charge is 0.359 e. The van der Waals surface area contributed by atoms with Gasteiger partial charge in [0, 0.05) is 26.2 Å². The summed E-state index contributed by atoms with van der Waals surface area (Å²) in [7, 11) is 1.63. The third kappa shape index (κ3) is 5.09. The zero-order chi connectivity index (χ0) is 19.4. The number of aliphatic imine (C=N–C) groups is 1. The normalized spacial score (nSPS) is 18.6. The topological polar surface area (TPSA) is 77.0 Å². The lowest BCUT2D eigenvalue weighted by atomic mass is 9.92. The maximum Gasteiger partial charge on any atom is 0.242 e. The molecule has 1 saturated heterocycles. The smallest absolute Gasteiger partial charge is 0.242 e. The van der Waals surface area contributed by atoms with Crippen molar-refractivity contribution in [2.75, 3.05) is 33.2 Å². The number of piperazine rings is 1. The molecule has 0 saturated carbocycles. The fraction of sp³-hybridized carbons (Fsp3) is 0.833. The number of nitrogens with one attached hydrogen (secondary N) is 2. The molecule has 0 atom stereocenters. The van der Waals surface area contributed by atoms with Crippen LogP contribution in [0, 0.1) is 5.41 Å². The van der Waals surface area contributed by atoms with Gasteiger partial charge in [-0.15, -0.1) is 0 Å². The van der Waals surface area contributed by atoms with Gasteiger partial charge in [-0.25, -0.2) is 0 Å². The quantitative estimate of drug-likeness (QED) is 0.572. The van der Waals surface area contributed by atoms with Crippen molar-refractivity contribution in [1.29, 1.82) is 0 Å². The van der Waals surface area contributed by atoms with Gasteiger partial charge in [-0.1, -0.05) is 0 Å². The predicted molar refractivity (Wildman–Crippen MR) is 101 cm³/mol. The Bertz CT molecular complexity index is 526. The van der Waals surface area contributed by atoms with E-state index in [0.29, 0.717) is 32.1 Å². The number of nitrogens with zero attached hydrogens (tertiary/aromatic N) is 3. The van der Waals surface area contributed by atoms with Crippen LogP contribution in [0.15, 0.2) is 4.99 Å². The van der Waals surface area contributed by atoms with Crippen LogP contribution >= 0.6 is 0 Å². The lowest BCUT2D eigenvalue weighted by molar-refractivity contribution is -0.145. The van der Waals surface area contributed by atoms with Gasteiger partial charge in [-0.2, -0.15) is 0 Å². The first-order chi connectivity index (χ1) is 11.5. The molecule has 0 aromatic heterocycles. The number of guanidine groups is 1. The first-order valence-electron chi connectivity index (χ1n) is 9.04. The molecule has 0 unspecified atom stereocenters. The average Bonchev–Trinajstić information content (AvgIpc) is 2.48. The van der Waals surface area contributed by atoms with Crippen molar-refractivity contribution < 1.29 is 9.59 Å². The Balaban J connectivity index is 3.02. The van der Waals surface area contributed by atoms with Gasteiger partial charge in [0.2, 0.25) is 11.8 Å². The predicted octanol–water partition coefficient (Wildman–Crippen LogP) is 1.06. The van der Waals surface area contributed by atoms with Crippen LogP contribution in [-0.4, -0.2) is 72.4 Å². The number of carbonyl (C=O) groups is 2. The van der Waals surface area contributed by atoms with Gasteiger partial charge in [0.05, 0.1) is 24.0 Å². The fourth-order valence-corrected chi connectivity index (χ4v) is 3.42. The molecule has 1 heterocycles. The molecule has 25 heavy (non-hydrogen) atoms. The van der Waals surface area contributed by atoms with E-state index in [2.05, 4.69) is 29.5 Å². The summed E-state index contributed by atoms with van der Waals surface area (Å²) in [6, 6.07) is 0.163. The highest BCUT2D eigenvalue weighted by Crippen LogP contribution is 2.24. The molecule has 0 radical (unpaired) electrons. The van der Waals surface area contributed by atoms with Gasteiger partial charge >= 0.3 is 0 Å². The summed E-state index contributed by atoms with van der Waals surface area (Å²) in [6.45, 7) is 16.0. The van der Waals surface area contributed by atoms with Crippen molar-refractivity contribution in [1.82, 2.24) is 20.4 Å². The van der Waals surface area contributed by atoms with Crippen molar-refractivity contribution >= 4 is 17.8 Å². The van der Waals surface area contributed by atoms with Crippen molar-refractivity contribution in [3.8, 4) is 0 Å². The minimum Gasteiger partial charge on any atom is -0.359 e. The highest BCUT2D eigenvalue weighted by atomic mass is 16.2. The summed E-state index contributed by atoms with van der Waals surface area (Å²) >= 11 is 0. The van der Waals surface area contributed by atoms with E-state index >= 15 is 0 Å². The molecule has 1 rings (SSSR count). The summed E-state index contributed by atoms with van der Waals surface area (Å²) in [5.74, 6) is 0.736. The third-order valence-corrected chi connectivity index (χ3v) is 4.44. The van der Waals surface area contributed by atoms with E-state index in [1.165, 1.54) is 0 Å². The van der Waals surface area contributed by atoms with Crippen molar-refractivity contribution in [3.63, 3.8) is 0 Å². The minimum absolute atomic E-state index is 0.0480. The molecule has 1 aliphatic heterocycles. The van der Waals surface area contributed by atoms with Crippen molar-refractivity contribution in [2.24, 2.45) is 10.4 Å². The minimum atomic E-state index is -0.602. The maximum absolute atomic E-state index is 12.7. The van der Waals surface area contributed by atoms with Gasteiger partial charge in [0.1, 0.15) is 0 Å². The summed E-state index contributed by atoms with van der Waals surface area (Å²) in [4.78, 5) is 33.2. The molecule has 2 N–H and O–H groups in total. The Kier molecular flexibility index (Phi) is 6.85. The molecule has 1 fully saturated rings. The summed E-state index contributed by atoms with van der Waals surface area (Å²) < 4.78 is 0. The molecule has 0 spiro atoms. The molecule has 0 aromatic rings. The van der Waals surface area contributed by atoms with E-state index in [4.69, 9.17) is 0 Å². The molecule has 1 aliphatic rings. The zero-order valence-corrected chi connectivity index (χ0v) is 17.1. The van der Waals surface area contributed by atoms with Crippen molar-refractivity contribution in [2.45, 2.75) is 60.0 Å². The van der Waals surface area contributed by atoms with Gasteiger partial charge < -0.3 is 20.4 Å². The average molecular weight is 354 g/mol. The molecular weight excluding hydrogens is 318 g/mol. The fourth-order valence-electron chi connectivity index (χ4n) is 3.42. The van der Waals surface area contributed by atoms with Crippen LogP contribution in [-0.2, 0) is 9.59 Å². The number of hydrogen-bond donors (Lipinski definition) is 2. The van der Waals surface area contributed by atoms with Gasteiger partial charge in [-0.05, 0) is 48.5 Å². The van der Waals surface area contributed by atoms with Crippen molar-refractivity contribution in [3.05, 3.63) is 0 Å². The second kappa shape index (κ2) is 8.06. The number of rotatable bonds is 5. The summed E-state index contributed by atoms with van der Waals surface area (Å²) in [5, 5.41) is 5.93. The third-order valence-electron chi connectivity index (χ3n) is 4.44. The Morgan fingerprint density at radius 3 is 2.40 bits per heavy atom. The van der Waals surface area contributed by atoms with Gasteiger partial charge in [0.15, 0.2) is 5.96 Å². The van der Waals surface area contributed by atoms with Crippen LogP contribution in [0.1, 0.15) is 48.5 Å².